The highest BCUT2D eigenvalue weighted by atomic mass is 32.1. The lowest BCUT2D eigenvalue weighted by atomic mass is 9.80. The number of benzene rings is 1. The smallest absolute Gasteiger partial charge is 0.449 e. The number of halogens is 3. The Kier molecular flexibility index (Phi) is 3.04. The fourth-order valence-corrected chi connectivity index (χ4v) is 1.54. The number of rotatable bonds is 2. The van der Waals surface area contributed by atoms with Crippen LogP contribution in [0.5, 0.6) is 0 Å². The third kappa shape index (κ3) is 2.87. The molecule has 0 atom stereocenters. The lowest BCUT2D eigenvalue weighted by Crippen LogP contribution is -2.20. The summed E-state index contributed by atoms with van der Waals surface area (Å²) >= 11 is 4.05. The zero-order chi connectivity index (χ0) is 10.9. The molecular formula is C8H10BF3NS-. The topological polar surface area (TPSA) is 26.0 Å². The maximum absolute atomic E-state index is 12.2. The van der Waals surface area contributed by atoms with Crippen LogP contribution in [0.4, 0.5) is 18.6 Å². The first-order valence-electron chi connectivity index (χ1n) is 4.08. The van der Waals surface area contributed by atoms with E-state index >= 15 is 0 Å². The van der Waals surface area contributed by atoms with Gasteiger partial charge in [-0.15, -0.1) is 12.6 Å². The molecule has 0 aliphatic rings. The van der Waals surface area contributed by atoms with Gasteiger partial charge < -0.3 is 18.7 Å². The van der Waals surface area contributed by atoms with Crippen molar-refractivity contribution in [1.82, 2.24) is 0 Å². The van der Waals surface area contributed by atoms with E-state index in [1.807, 2.05) is 0 Å². The molecule has 1 aromatic carbocycles. The molecule has 0 aliphatic heterocycles. The minimum Gasteiger partial charge on any atom is -0.449 e. The number of hydrogen-bond donors (Lipinski definition) is 2. The maximum Gasteiger partial charge on any atom is 0.482 e. The molecule has 0 amide bonds. The van der Waals surface area contributed by atoms with Crippen molar-refractivity contribution >= 4 is 25.3 Å². The summed E-state index contributed by atoms with van der Waals surface area (Å²) in [6.45, 7) is -3.21. The summed E-state index contributed by atoms with van der Waals surface area (Å²) in [4.78, 5) is 0.500. The van der Waals surface area contributed by atoms with Crippen LogP contribution in [-0.4, -0.2) is 6.98 Å². The van der Waals surface area contributed by atoms with Gasteiger partial charge in [0.2, 0.25) is 0 Å². The Bertz CT molecular complexity index is 351. The quantitative estimate of drug-likeness (QED) is 0.447. The van der Waals surface area contributed by atoms with Crippen molar-refractivity contribution in [1.29, 1.82) is 0 Å². The SMILES string of the molecule is Cc1c(S)cc(N)cc1C[B-](F)(F)F. The first kappa shape index (κ1) is 11.3. The summed E-state index contributed by atoms with van der Waals surface area (Å²) in [5.41, 5.74) is 6.51. The first-order chi connectivity index (χ1) is 6.29. The van der Waals surface area contributed by atoms with Crippen LogP contribution in [-0.2, 0) is 6.32 Å². The second kappa shape index (κ2) is 3.77. The van der Waals surface area contributed by atoms with E-state index in [-0.39, 0.29) is 5.56 Å². The zero-order valence-corrected chi connectivity index (χ0v) is 8.49. The standard InChI is InChI=1S/C8H10BF3NS/c1-5-6(4-9(10,11)12)2-7(13)3-8(5)14/h2-3,14H,4,13H2,1H3/q-1. The zero-order valence-electron chi connectivity index (χ0n) is 7.60. The van der Waals surface area contributed by atoms with Gasteiger partial charge in [0.05, 0.1) is 0 Å². The molecule has 0 spiro atoms. The van der Waals surface area contributed by atoms with Crippen molar-refractivity contribution < 1.29 is 12.9 Å². The van der Waals surface area contributed by atoms with Crippen LogP contribution in [0, 0.1) is 6.92 Å². The Hall–Kier alpha value is -0.775. The molecule has 0 bridgehead atoms. The summed E-state index contributed by atoms with van der Waals surface area (Å²) in [5.74, 6) is 0. The van der Waals surface area contributed by atoms with Crippen molar-refractivity contribution in [3.8, 4) is 0 Å². The van der Waals surface area contributed by atoms with Crippen LogP contribution in [0.15, 0.2) is 17.0 Å². The lowest BCUT2D eigenvalue weighted by molar-refractivity contribution is 0.468. The molecule has 1 aromatic rings. The summed E-state index contributed by atoms with van der Waals surface area (Å²) in [6.07, 6.45) is -0.898. The Morgan fingerprint density at radius 1 is 1.36 bits per heavy atom. The van der Waals surface area contributed by atoms with Crippen LogP contribution < -0.4 is 5.73 Å². The van der Waals surface area contributed by atoms with Crippen LogP contribution in [0.3, 0.4) is 0 Å². The third-order valence-electron chi connectivity index (χ3n) is 1.96. The Morgan fingerprint density at radius 2 is 1.93 bits per heavy atom. The van der Waals surface area contributed by atoms with Crippen molar-refractivity contribution in [2.24, 2.45) is 0 Å². The van der Waals surface area contributed by atoms with Crippen LogP contribution in [0.25, 0.3) is 0 Å². The molecule has 0 fully saturated rings. The predicted octanol–water partition coefficient (Wildman–Crippen LogP) is 2.80. The maximum atomic E-state index is 12.2. The van der Waals surface area contributed by atoms with Crippen molar-refractivity contribution in [3.63, 3.8) is 0 Å². The van der Waals surface area contributed by atoms with Crippen LogP contribution in [0.1, 0.15) is 11.1 Å². The number of anilines is 1. The van der Waals surface area contributed by atoms with Gasteiger partial charge in [-0.1, -0.05) is 11.9 Å². The number of nitrogens with two attached hydrogens (primary N) is 1. The molecule has 0 radical (unpaired) electrons. The average molecular weight is 220 g/mol. The molecule has 0 saturated carbocycles. The predicted molar refractivity (Wildman–Crippen MR) is 55.6 cm³/mol. The minimum atomic E-state index is -4.82. The summed E-state index contributed by atoms with van der Waals surface area (Å²) in [6, 6.07) is 2.90. The molecule has 0 aromatic heterocycles. The Balaban J connectivity index is 3.09. The Labute approximate surface area is 86.0 Å². The highest BCUT2D eigenvalue weighted by Crippen LogP contribution is 2.25. The second-order valence-electron chi connectivity index (χ2n) is 3.24. The monoisotopic (exact) mass is 220 g/mol. The van der Waals surface area contributed by atoms with E-state index in [1.165, 1.54) is 6.07 Å². The molecular weight excluding hydrogens is 210 g/mol. The Morgan fingerprint density at radius 3 is 2.43 bits per heavy atom. The van der Waals surface area contributed by atoms with E-state index in [2.05, 4.69) is 12.6 Å². The molecule has 6 heteroatoms. The lowest BCUT2D eigenvalue weighted by Gasteiger charge is -2.16. The first-order valence-corrected chi connectivity index (χ1v) is 4.53. The van der Waals surface area contributed by atoms with Gasteiger partial charge in [-0.3, -0.25) is 0 Å². The number of nitrogen functional groups attached to an aromatic ring is 1. The average Bonchev–Trinajstić information content (AvgIpc) is 1.96. The molecule has 14 heavy (non-hydrogen) atoms. The van der Waals surface area contributed by atoms with Gasteiger partial charge in [0.15, 0.2) is 0 Å². The summed E-state index contributed by atoms with van der Waals surface area (Å²) < 4.78 is 36.5. The summed E-state index contributed by atoms with van der Waals surface area (Å²) in [5, 5.41) is 0. The minimum absolute atomic E-state index is 0.211. The molecule has 0 aliphatic carbocycles. The molecule has 0 saturated heterocycles. The fourth-order valence-electron chi connectivity index (χ4n) is 1.24. The van der Waals surface area contributed by atoms with Gasteiger partial charge in [0, 0.05) is 10.6 Å². The van der Waals surface area contributed by atoms with E-state index in [9.17, 15) is 12.9 Å². The van der Waals surface area contributed by atoms with Crippen molar-refractivity contribution in [2.75, 3.05) is 5.73 Å². The second-order valence-corrected chi connectivity index (χ2v) is 3.72. The fraction of sp³-hybridized carbons (Fsp3) is 0.250. The van der Waals surface area contributed by atoms with E-state index in [4.69, 9.17) is 5.73 Å². The van der Waals surface area contributed by atoms with Crippen LogP contribution in [0.2, 0.25) is 0 Å². The van der Waals surface area contributed by atoms with Crippen LogP contribution >= 0.6 is 12.6 Å². The number of hydrogen-bond acceptors (Lipinski definition) is 2. The summed E-state index contributed by atoms with van der Waals surface area (Å²) in [7, 11) is 0. The molecule has 1 rings (SSSR count). The van der Waals surface area contributed by atoms with Gasteiger partial charge in [0.25, 0.3) is 0 Å². The van der Waals surface area contributed by atoms with Gasteiger partial charge >= 0.3 is 6.98 Å². The van der Waals surface area contributed by atoms with Gasteiger partial charge in [-0.05, 0) is 24.6 Å². The third-order valence-corrected chi connectivity index (χ3v) is 2.43. The van der Waals surface area contributed by atoms with E-state index in [0.717, 1.165) is 0 Å². The van der Waals surface area contributed by atoms with E-state index in [1.54, 1.807) is 13.0 Å². The highest BCUT2D eigenvalue weighted by molar-refractivity contribution is 7.80. The van der Waals surface area contributed by atoms with E-state index in [0.29, 0.717) is 16.1 Å². The van der Waals surface area contributed by atoms with Gasteiger partial charge in [-0.25, -0.2) is 0 Å². The van der Waals surface area contributed by atoms with Crippen molar-refractivity contribution in [3.05, 3.63) is 23.3 Å². The van der Waals surface area contributed by atoms with E-state index < -0.39 is 13.3 Å². The molecule has 0 unspecified atom stereocenters. The van der Waals surface area contributed by atoms with Gasteiger partial charge in [0.1, 0.15) is 0 Å². The normalized spacial score (nSPS) is 11.8. The highest BCUT2D eigenvalue weighted by Gasteiger charge is 2.24. The molecule has 0 heterocycles. The molecule has 2 N–H and O–H groups in total. The molecule has 1 nitrogen and oxygen atoms in total. The largest absolute Gasteiger partial charge is 0.482 e. The van der Waals surface area contributed by atoms with Crippen molar-refractivity contribution in [2.45, 2.75) is 18.1 Å². The number of thiol groups is 1. The molecule has 78 valence electrons. The van der Waals surface area contributed by atoms with Gasteiger partial charge in [-0.2, -0.15) is 0 Å².